The number of nitrogens with one attached hydrogen (secondary N) is 1. The Kier molecular flexibility index (Phi) is 6.81. The Balaban J connectivity index is 1.32. The highest BCUT2D eigenvalue weighted by Crippen LogP contribution is 2.18. The minimum absolute atomic E-state index is 0.0448. The Labute approximate surface area is 184 Å². The summed E-state index contributed by atoms with van der Waals surface area (Å²) in [7, 11) is 0. The lowest BCUT2D eigenvalue weighted by molar-refractivity contribution is -0.137. The van der Waals surface area contributed by atoms with Crippen LogP contribution in [0.15, 0.2) is 60.9 Å². The maximum absolute atomic E-state index is 13.3. The smallest absolute Gasteiger partial charge is 0.248 e. The molecule has 1 aromatic heterocycles. The van der Waals surface area contributed by atoms with E-state index in [-0.39, 0.29) is 24.2 Å². The number of benzene rings is 2. The molecule has 3 aromatic rings. The predicted octanol–water partition coefficient (Wildman–Crippen LogP) is 1.38. The van der Waals surface area contributed by atoms with E-state index in [1.807, 2.05) is 35.2 Å². The molecule has 1 N–H and O–H groups in total. The Morgan fingerprint density at radius 1 is 1.00 bits per heavy atom. The second-order valence-corrected chi connectivity index (χ2v) is 7.65. The van der Waals surface area contributed by atoms with Crippen molar-refractivity contribution in [3.63, 3.8) is 0 Å². The molecule has 1 atom stereocenters. The molecule has 1 aliphatic rings. The molecular weight excluding hydrogens is 413 g/mol. The molecule has 0 aliphatic carbocycles. The number of aromatic nitrogens is 4. The average molecular weight is 437 g/mol. The number of rotatable bonds is 7. The van der Waals surface area contributed by atoms with Crippen LogP contribution in [0.2, 0.25) is 0 Å². The van der Waals surface area contributed by atoms with Crippen LogP contribution in [-0.2, 0) is 16.0 Å². The zero-order valence-corrected chi connectivity index (χ0v) is 17.5. The number of carbonyl (C=O) groups excluding carboxylic acids is 2. The summed E-state index contributed by atoms with van der Waals surface area (Å²) in [5, 5.41) is 14.1. The number of anilines is 1. The summed E-state index contributed by atoms with van der Waals surface area (Å²) in [5.41, 5.74) is 1.58. The number of halogens is 1. The molecule has 1 fully saturated rings. The Bertz CT molecular complexity index is 1020. The zero-order valence-electron chi connectivity index (χ0n) is 17.5. The highest BCUT2D eigenvalue weighted by molar-refractivity contribution is 5.92. The summed E-state index contributed by atoms with van der Waals surface area (Å²) in [4.78, 5) is 29.4. The summed E-state index contributed by atoms with van der Waals surface area (Å²) >= 11 is 0. The van der Waals surface area contributed by atoms with Crippen molar-refractivity contribution >= 4 is 17.5 Å². The van der Waals surface area contributed by atoms with E-state index >= 15 is 0 Å². The van der Waals surface area contributed by atoms with Gasteiger partial charge in [0.15, 0.2) is 0 Å². The second-order valence-electron chi connectivity index (χ2n) is 7.65. The number of hydrogen-bond acceptors (Lipinski definition) is 6. The number of amides is 2. The van der Waals surface area contributed by atoms with Crippen molar-refractivity contribution in [1.82, 2.24) is 30.0 Å². The molecule has 1 aliphatic heterocycles. The fourth-order valence-electron chi connectivity index (χ4n) is 3.72. The van der Waals surface area contributed by atoms with Crippen molar-refractivity contribution in [2.24, 2.45) is 0 Å². The summed E-state index contributed by atoms with van der Waals surface area (Å²) in [6.45, 7) is 2.39. The quantitative estimate of drug-likeness (QED) is 0.600. The lowest BCUT2D eigenvalue weighted by Crippen LogP contribution is -2.52. The van der Waals surface area contributed by atoms with Gasteiger partial charge in [0.25, 0.3) is 0 Å². The van der Waals surface area contributed by atoms with Gasteiger partial charge >= 0.3 is 0 Å². The van der Waals surface area contributed by atoms with Crippen LogP contribution in [-0.4, -0.2) is 74.5 Å². The van der Waals surface area contributed by atoms with Gasteiger partial charge in [0.05, 0.1) is 6.54 Å². The van der Waals surface area contributed by atoms with Crippen LogP contribution in [0.4, 0.5) is 10.1 Å². The Morgan fingerprint density at radius 3 is 2.38 bits per heavy atom. The summed E-state index contributed by atoms with van der Waals surface area (Å²) < 4.78 is 14.5. The van der Waals surface area contributed by atoms with Crippen molar-refractivity contribution in [1.29, 1.82) is 0 Å². The predicted molar refractivity (Wildman–Crippen MR) is 115 cm³/mol. The van der Waals surface area contributed by atoms with E-state index in [1.165, 1.54) is 35.3 Å². The molecule has 166 valence electrons. The molecule has 0 radical (unpaired) electrons. The third-order valence-electron chi connectivity index (χ3n) is 5.42. The van der Waals surface area contributed by atoms with Crippen molar-refractivity contribution < 1.29 is 14.0 Å². The molecule has 0 saturated carbocycles. The van der Waals surface area contributed by atoms with E-state index in [0.717, 1.165) is 5.56 Å². The highest BCUT2D eigenvalue weighted by atomic mass is 19.1. The topological polar surface area (TPSA) is 96.3 Å². The number of carbonyl (C=O) groups is 2. The monoisotopic (exact) mass is 437 g/mol. The van der Waals surface area contributed by atoms with E-state index in [1.54, 1.807) is 4.90 Å². The van der Waals surface area contributed by atoms with Crippen molar-refractivity contribution in [3.8, 4) is 0 Å². The third kappa shape index (κ3) is 5.52. The van der Waals surface area contributed by atoms with Gasteiger partial charge in [-0.3, -0.25) is 14.5 Å². The van der Waals surface area contributed by atoms with Gasteiger partial charge in [-0.25, -0.2) is 9.07 Å². The molecule has 10 heteroatoms. The maximum Gasteiger partial charge on any atom is 0.248 e. The Morgan fingerprint density at radius 2 is 1.72 bits per heavy atom. The van der Waals surface area contributed by atoms with Gasteiger partial charge in [0, 0.05) is 38.3 Å². The van der Waals surface area contributed by atoms with E-state index in [2.05, 4.69) is 20.8 Å². The van der Waals surface area contributed by atoms with Crippen molar-refractivity contribution in [3.05, 3.63) is 72.3 Å². The molecular formula is C22H24FN7O2. The van der Waals surface area contributed by atoms with Gasteiger partial charge in [0.1, 0.15) is 18.2 Å². The fraction of sp³-hybridized carbons (Fsp3) is 0.318. The van der Waals surface area contributed by atoms with Gasteiger partial charge in [0.2, 0.25) is 11.8 Å². The lowest BCUT2D eigenvalue weighted by atomic mass is 10.0. The van der Waals surface area contributed by atoms with Crippen molar-refractivity contribution in [2.45, 2.75) is 12.5 Å². The molecule has 4 rings (SSSR count). The Hall–Kier alpha value is -3.66. The van der Waals surface area contributed by atoms with E-state index < -0.39 is 6.04 Å². The lowest BCUT2D eigenvalue weighted by Gasteiger charge is -2.36. The zero-order chi connectivity index (χ0) is 22.3. The fourth-order valence-corrected chi connectivity index (χ4v) is 3.72. The molecule has 1 unspecified atom stereocenters. The van der Waals surface area contributed by atoms with Crippen LogP contribution in [0.1, 0.15) is 11.6 Å². The molecule has 0 spiro atoms. The number of nitrogens with zero attached hydrogens (tertiary/aromatic N) is 6. The number of tetrazole rings is 1. The number of piperazine rings is 1. The van der Waals surface area contributed by atoms with Gasteiger partial charge in [-0.1, -0.05) is 30.3 Å². The first-order chi connectivity index (χ1) is 15.6. The summed E-state index contributed by atoms with van der Waals surface area (Å²) in [6.07, 6.45) is 1.95. The molecule has 0 bridgehead atoms. The van der Waals surface area contributed by atoms with Crippen LogP contribution in [0.5, 0.6) is 0 Å². The van der Waals surface area contributed by atoms with Gasteiger partial charge in [-0.2, -0.15) is 0 Å². The van der Waals surface area contributed by atoms with Crippen LogP contribution >= 0.6 is 0 Å². The SMILES string of the molecule is O=C(CN1CCN(C(=O)C(Cc2ccccc2)n2cnnn2)CC1)Nc1ccc(F)cc1. The van der Waals surface area contributed by atoms with Crippen molar-refractivity contribution in [2.75, 3.05) is 38.0 Å². The molecule has 2 amide bonds. The largest absolute Gasteiger partial charge is 0.338 e. The normalized spacial score (nSPS) is 15.3. The summed E-state index contributed by atoms with van der Waals surface area (Å²) in [6, 6.07) is 14.9. The minimum atomic E-state index is -0.527. The first-order valence-electron chi connectivity index (χ1n) is 10.4. The molecule has 2 heterocycles. The van der Waals surface area contributed by atoms with Crippen LogP contribution in [0.25, 0.3) is 0 Å². The van der Waals surface area contributed by atoms with E-state index in [4.69, 9.17) is 0 Å². The summed E-state index contributed by atoms with van der Waals surface area (Å²) in [5.74, 6) is -0.570. The van der Waals surface area contributed by atoms with Gasteiger partial charge in [-0.15, -0.1) is 5.10 Å². The standard InChI is InChI=1S/C22H24FN7O2/c23-18-6-8-19(9-7-18)25-21(31)15-28-10-12-29(13-11-28)22(32)20(30-16-24-26-27-30)14-17-4-2-1-3-5-17/h1-9,16,20H,10-15H2,(H,25,31). The average Bonchev–Trinajstić information content (AvgIpc) is 3.34. The van der Waals surface area contributed by atoms with Crippen LogP contribution < -0.4 is 5.32 Å². The van der Waals surface area contributed by atoms with E-state index in [0.29, 0.717) is 38.3 Å². The van der Waals surface area contributed by atoms with Gasteiger partial charge in [-0.05, 0) is 40.3 Å². The maximum atomic E-state index is 13.3. The van der Waals surface area contributed by atoms with E-state index in [9.17, 15) is 14.0 Å². The molecule has 9 nitrogen and oxygen atoms in total. The number of hydrogen-bond donors (Lipinski definition) is 1. The van der Waals surface area contributed by atoms with Crippen LogP contribution in [0.3, 0.4) is 0 Å². The second kappa shape index (κ2) is 10.1. The third-order valence-corrected chi connectivity index (χ3v) is 5.42. The first-order valence-corrected chi connectivity index (χ1v) is 10.4. The molecule has 1 saturated heterocycles. The minimum Gasteiger partial charge on any atom is -0.338 e. The van der Waals surface area contributed by atoms with Crippen LogP contribution in [0, 0.1) is 5.82 Å². The van der Waals surface area contributed by atoms with Gasteiger partial charge < -0.3 is 10.2 Å². The molecule has 2 aromatic carbocycles. The molecule has 32 heavy (non-hydrogen) atoms. The first kappa shape index (κ1) is 21.6. The highest BCUT2D eigenvalue weighted by Gasteiger charge is 2.30.